The number of aromatic nitrogens is 1. The van der Waals surface area contributed by atoms with Crippen molar-refractivity contribution in [2.75, 3.05) is 7.11 Å². The summed E-state index contributed by atoms with van der Waals surface area (Å²) in [6.45, 7) is 4.24. The van der Waals surface area contributed by atoms with Crippen molar-refractivity contribution >= 4 is 5.91 Å². The number of pyridine rings is 1. The first-order valence-electron chi connectivity index (χ1n) is 5.42. The number of amides is 1. The molecule has 1 N–H and O–H groups in total. The van der Waals surface area contributed by atoms with E-state index in [4.69, 9.17) is 4.74 Å². The van der Waals surface area contributed by atoms with Crippen LogP contribution in [-0.2, 0) is 22.5 Å². The number of rotatable bonds is 5. The Balaban J connectivity index is 2.57. The van der Waals surface area contributed by atoms with Gasteiger partial charge in [0.2, 0.25) is 5.91 Å². The normalized spacial score (nSPS) is 12.2. The van der Waals surface area contributed by atoms with Crippen LogP contribution < -0.4 is 5.32 Å². The molecule has 1 aromatic rings. The van der Waals surface area contributed by atoms with E-state index in [0.29, 0.717) is 6.54 Å². The number of methoxy groups -OCH3 is 1. The molecular formula is C12H18N2O2. The number of carbonyl (C=O) groups excluding carboxylic acids is 1. The van der Waals surface area contributed by atoms with Gasteiger partial charge in [0.1, 0.15) is 6.10 Å². The third-order valence-electron chi connectivity index (χ3n) is 2.52. The molecule has 0 aromatic carbocycles. The Kier molecular flexibility index (Phi) is 4.92. The van der Waals surface area contributed by atoms with Crippen molar-refractivity contribution < 1.29 is 9.53 Å². The van der Waals surface area contributed by atoms with Gasteiger partial charge in [-0.25, -0.2) is 0 Å². The Bertz CT molecular complexity index is 353. The van der Waals surface area contributed by atoms with Crippen molar-refractivity contribution in [1.82, 2.24) is 10.3 Å². The molecule has 0 fully saturated rings. The largest absolute Gasteiger partial charge is 0.372 e. The molecule has 0 radical (unpaired) electrons. The van der Waals surface area contributed by atoms with Gasteiger partial charge in [0.25, 0.3) is 0 Å². The lowest BCUT2D eigenvalue weighted by atomic mass is 10.1. The molecule has 1 aromatic heterocycles. The summed E-state index contributed by atoms with van der Waals surface area (Å²) in [5.74, 6) is -0.116. The fourth-order valence-electron chi connectivity index (χ4n) is 1.37. The van der Waals surface area contributed by atoms with Crippen LogP contribution in [0, 0.1) is 0 Å². The zero-order valence-electron chi connectivity index (χ0n) is 9.99. The maximum absolute atomic E-state index is 11.5. The van der Waals surface area contributed by atoms with Crippen LogP contribution >= 0.6 is 0 Å². The van der Waals surface area contributed by atoms with Crippen molar-refractivity contribution in [3.8, 4) is 0 Å². The van der Waals surface area contributed by atoms with Gasteiger partial charge in [0.05, 0.1) is 12.2 Å². The zero-order valence-corrected chi connectivity index (χ0v) is 9.99. The topological polar surface area (TPSA) is 51.2 Å². The first-order valence-corrected chi connectivity index (χ1v) is 5.42. The average molecular weight is 222 g/mol. The Morgan fingerprint density at radius 1 is 1.62 bits per heavy atom. The molecule has 1 heterocycles. The molecule has 88 valence electrons. The lowest BCUT2D eigenvalue weighted by Crippen LogP contribution is -2.33. The molecule has 4 nitrogen and oxygen atoms in total. The fourth-order valence-corrected chi connectivity index (χ4v) is 1.37. The van der Waals surface area contributed by atoms with Gasteiger partial charge >= 0.3 is 0 Å². The highest BCUT2D eigenvalue weighted by atomic mass is 16.5. The van der Waals surface area contributed by atoms with E-state index >= 15 is 0 Å². The number of nitrogens with zero attached hydrogens (tertiary/aromatic N) is 1. The molecule has 0 saturated carbocycles. The zero-order chi connectivity index (χ0) is 12.0. The number of hydrogen-bond donors (Lipinski definition) is 1. The number of nitrogens with one attached hydrogen (secondary N) is 1. The lowest BCUT2D eigenvalue weighted by molar-refractivity contribution is -0.130. The molecular weight excluding hydrogens is 204 g/mol. The predicted octanol–water partition coefficient (Wildman–Crippen LogP) is 1.30. The fraction of sp³-hybridized carbons (Fsp3) is 0.500. The van der Waals surface area contributed by atoms with Gasteiger partial charge in [-0.1, -0.05) is 13.0 Å². The summed E-state index contributed by atoms with van der Waals surface area (Å²) in [7, 11) is 1.52. The van der Waals surface area contributed by atoms with E-state index < -0.39 is 6.10 Å². The first-order chi connectivity index (χ1) is 7.69. The van der Waals surface area contributed by atoms with Gasteiger partial charge in [-0.05, 0) is 25.0 Å². The molecule has 1 rings (SSSR count). The smallest absolute Gasteiger partial charge is 0.249 e. The quantitative estimate of drug-likeness (QED) is 0.817. The van der Waals surface area contributed by atoms with Crippen LogP contribution in [0.25, 0.3) is 0 Å². The molecule has 1 unspecified atom stereocenters. The Morgan fingerprint density at radius 3 is 3.00 bits per heavy atom. The van der Waals surface area contributed by atoms with Gasteiger partial charge in [-0.2, -0.15) is 0 Å². The second kappa shape index (κ2) is 6.23. The summed E-state index contributed by atoms with van der Waals surface area (Å²) >= 11 is 0. The van der Waals surface area contributed by atoms with Crippen LogP contribution in [0.4, 0.5) is 0 Å². The highest BCUT2D eigenvalue weighted by Gasteiger charge is 2.11. The van der Waals surface area contributed by atoms with Gasteiger partial charge in [0.15, 0.2) is 0 Å². The number of ether oxygens (including phenoxy) is 1. The van der Waals surface area contributed by atoms with E-state index in [0.717, 1.165) is 17.7 Å². The minimum Gasteiger partial charge on any atom is -0.372 e. The summed E-state index contributed by atoms with van der Waals surface area (Å²) in [5.41, 5.74) is 2.08. The Morgan fingerprint density at radius 2 is 2.38 bits per heavy atom. The van der Waals surface area contributed by atoms with Crippen LogP contribution in [0.3, 0.4) is 0 Å². The Hall–Kier alpha value is -1.42. The minimum atomic E-state index is -0.422. The molecule has 1 atom stereocenters. The first kappa shape index (κ1) is 12.6. The average Bonchev–Trinajstić information content (AvgIpc) is 2.35. The molecule has 0 saturated heterocycles. The van der Waals surface area contributed by atoms with E-state index in [2.05, 4.69) is 17.2 Å². The summed E-state index contributed by atoms with van der Waals surface area (Å²) in [6.07, 6.45) is 2.23. The second-order valence-corrected chi connectivity index (χ2v) is 3.56. The van der Waals surface area contributed by atoms with E-state index in [9.17, 15) is 4.79 Å². The van der Waals surface area contributed by atoms with Crippen molar-refractivity contribution in [3.05, 3.63) is 29.6 Å². The van der Waals surface area contributed by atoms with Crippen LogP contribution in [0.15, 0.2) is 18.3 Å². The molecule has 1 amide bonds. The third-order valence-corrected chi connectivity index (χ3v) is 2.52. The van der Waals surface area contributed by atoms with Crippen molar-refractivity contribution in [2.45, 2.75) is 32.9 Å². The Labute approximate surface area is 96.0 Å². The molecule has 0 bridgehead atoms. The maximum atomic E-state index is 11.5. The molecule has 0 aliphatic rings. The number of aryl methyl sites for hydroxylation is 1. The monoisotopic (exact) mass is 222 g/mol. The summed E-state index contributed by atoms with van der Waals surface area (Å²) < 4.78 is 4.92. The van der Waals surface area contributed by atoms with Crippen LogP contribution in [-0.4, -0.2) is 24.1 Å². The van der Waals surface area contributed by atoms with Gasteiger partial charge in [-0.15, -0.1) is 0 Å². The number of hydrogen-bond acceptors (Lipinski definition) is 3. The standard InChI is InChI=1S/C12H18N2O2/c1-4-10-6-5-7-13-11(10)8-14-12(15)9(2)16-3/h5-7,9H,4,8H2,1-3H3,(H,14,15). The van der Waals surface area contributed by atoms with E-state index in [-0.39, 0.29) is 5.91 Å². The van der Waals surface area contributed by atoms with Crippen molar-refractivity contribution in [3.63, 3.8) is 0 Å². The highest BCUT2D eigenvalue weighted by Crippen LogP contribution is 2.05. The minimum absolute atomic E-state index is 0.116. The SMILES string of the molecule is CCc1cccnc1CNC(=O)C(C)OC. The molecule has 0 aliphatic carbocycles. The van der Waals surface area contributed by atoms with Crippen LogP contribution in [0.1, 0.15) is 25.1 Å². The third kappa shape index (κ3) is 3.31. The van der Waals surface area contributed by atoms with Crippen molar-refractivity contribution in [2.24, 2.45) is 0 Å². The van der Waals surface area contributed by atoms with Crippen LogP contribution in [0.2, 0.25) is 0 Å². The van der Waals surface area contributed by atoms with Crippen LogP contribution in [0.5, 0.6) is 0 Å². The highest BCUT2D eigenvalue weighted by molar-refractivity contribution is 5.80. The van der Waals surface area contributed by atoms with E-state index in [1.165, 1.54) is 7.11 Å². The summed E-state index contributed by atoms with van der Waals surface area (Å²) in [6, 6.07) is 3.93. The lowest BCUT2D eigenvalue weighted by Gasteiger charge is -2.11. The molecule has 0 aliphatic heterocycles. The van der Waals surface area contributed by atoms with Gasteiger partial charge < -0.3 is 10.1 Å². The summed E-state index contributed by atoms with van der Waals surface area (Å²) in [4.78, 5) is 15.7. The number of carbonyl (C=O) groups is 1. The van der Waals surface area contributed by atoms with Gasteiger partial charge in [0, 0.05) is 13.3 Å². The molecule has 4 heteroatoms. The summed E-state index contributed by atoms with van der Waals surface area (Å²) in [5, 5.41) is 2.80. The van der Waals surface area contributed by atoms with E-state index in [1.807, 2.05) is 12.1 Å². The predicted molar refractivity (Wildman–Crippen MR) is 61.9 cm³/mol. The molecule has 16 heavy (non-hydrogen) atoms. The second-order valence-electron chi connectivity index (χ2n) is 3.56. The van der Waals surface area contributed by atoms with Gasteiger partial charge in [-0.3, -0.25) is 9.78 Å². The van der Waals surface area contributed by atoms with E-state index in [1.54, 1.807) is 13.1 Å². The molecule has 0 spiro atoms. The van der Waals surface area contributed by atoms with Crippen molar-refractivity contribution in [1.29, 1.82) is 0 Å². The maximum Gasteiger partial charge on any atom is 0.249 e.